The monoisotopic (exact) mass is 344 g/mol. The highest BCUT2D eigenvalue weighted by atomic mass is 35.5. The van der Waals surface area contributed by atoms with Gasteiger partial charge in [0, 0.05) is 30.1 Å². The number of rotatable bonds is 3. The summed E-state index contributed by atoms with van der Waals surface area (Å²) in [6.45, 7) is 1.75. The van der Waals surface area contributed by atoms with Gasteiger partial charge in [-0.3, -0.25) is 9.78 Å². The van der Waals surface area contributed by atoms with E-state index >= 15 is 0 Å². The summed E-state index contributed by atoms with van der Waals surface area (Å²) in [7, 11) is 0. The fraction of sp³-hybridized carbons (Fsp3) is 0.500. The number of piperidine rings is 1. The first-order valence-corrected chi connectivity index (χ1v) is 9.04. The van der Waals surface area contributed by atoms with Gasteiger partial charge in [0.05, 0.1) is 17.2 Å². The van der Waals surface area contributed by atoms with Crippen molar-refractivity contribution in [1.29, 1.82) is 0 Å². The van der Waals surface area contributed by atoms with Gasteiger partial charge in [0.15, 0.2) is 0 Å². The van der Waals surface area contributed by atoms with Gasteiger partial charge in [-0.15, -0.1) is 0 Å². The normalized spacial score (nSPS) is 21.5. The third-order valence-electron chi connectivity index (χ3n) is 5.06. The van der Waals surface area contributed by atoms with Gasteiger partial charge in [-0.25, -0.2) is 4.98 Å². The smallest absolute Gasteiger partial charge is 0.223 e. The molecule has 4 rings (SSSR count). The lowest BCUT2D eigenvalue weighted by Gasteiger charge is -2.35. The number of hydrogen-bond donors (Lipinski definition) is 1. The third kappa shape index (κ3) is 3.18. The minimum Gasteiger partial charge on any atom is -0.353 e. The van der Waals surface area contributed by atoms with E-state index in [1.54, 1.807) is 6.20 Å². The zero-order chi connectivity index (χ0) is 16.5. The predicted octanol–water partition coefficient (Wildman–Crippen LogP) is 3.17. The van der Waals surface area contributed by atoms with Crippen molar-refractivity contribution in [1.82, 2.24) is 15.3 Å². The Kier molecular flexibility index (Phi) is 4.27. The summed E-state index contributed by atoms with van der Waals surface area (Å²) in [5.41, 5.74) is 1.65. The van der Waals surface area contributed by atoms with Crippen LogP contribution in [0.2, 0.25) is 5.02 Å². The molecule has 2 heterocycles. The number of fused-ring (bicyclic) bond motifs is 1. The average molecular weight is 345 g/mol. The van der Waals surface area contributed by atoms with E-state index in [1.165, 1.54) is 6.42 Å². The van der Waals surface area contributed by atoms with Gasteiger partial charge in [0.1, 0.15) is 5.82 Å². The molecule has 2 aromatic rings. The zero-order valence-corrected chi connectivity index (χ0v) is 14.3. The van der Waals surface area contributed by atoms with Crippen molar-refractivity contribution >= 4 is 34.4 Å². The van der Waals surface area contributed by atoms with Crippen LogP contribution in [0.15, 0.2) is 24.4 Å². The number of aromatic nitrogens is 2. The van der Waals surface area contributed by atoms with E-state index in [-0.39, 0.29) is 17.9 Å². The van der Waals surface area contributed by atoms with Crippen LogP contribution in [-0.2, 0) is 4.79 Å². The van der Waals surface area contributed by atoms with Crippen molar-refractivity contribution < 1.29 is 4.79 Å². The SMILES string of the molecule is O=C(NC1CCCN(c2cnc3cc(Cl)ccc3n2)C1)C1CCC1. The summed E-state index contributed by atoms with van der Waals surface area (Å²) in [6.07, 6.45) is 7.16. The highest BCUT2D eigenvalue weighted by Gasteiger charge is 2.29. The average Bonchev–Trinajstić information content (AvgIpc) is 2.53. The van der Waals surface area contributed by atoms with E-state index in [9.17, 15) is 4.79 Å². The van der Waals surface area contributed by atoms with Crippen LogP contribution in [0.5, 0.6) is 0 Å². The van der Waals surface area contributed by atoms with Crippen molar-refractivity contribution in [2.75, 3.05) is 18.0 Å². The summed E-state index contributed by atoms with van der Waals surface area (Å²) < 4.78 is 0. The highest BCUT2D eigenvalue weighted by Crippen LogP contribution is 2.27. The predicted molar refractivity (Wildman–Crippen MR) is 95.3 cm³/mol. The first-order valence-electron chi connectivity index (χ1n) is 8.67. The van der Waals surface area contributed by atoms with Crippen LogP contribution in [0.4, 0.5) is 5.82 Å². The maximum atomic E-state index is 12.2. The lowest BCUT2D eigenvalue weighted by Crippen LogP contribution is -2.50. The Balaban J connectivity index is 1.47. The van der Waals surface area contributed by atoms with E-state index in [2.05, 4.69) is 15.2 Å². The Morgan fingerprint density at radius 1 is 1.21 bits per heavy atom. The van der Waals surface area contributed by atoms with Gasteiger partial charge >= 0.3 is 0 Å². The van der Waals surface area contributed by atoms with Crippen LogP contribution in [0, 0.1) is 5.92 Å². The van der Waals surface area contributed by atoms with Crippen molar-refractivity contribution in [3.63, 3.8) is 0 Å². The molecule has 24 heavy (non-hydrogen) atoms. The Morgan fingerprint density at radius 2 is 2.08 bits per heavy atom. The number of nitrogens with one attached hydrogen (secondary N) is 1. The van der Waals surface area contributed by atoms with Crippen LogP contribution in [0.1, 0.15) is 32.1 Å². The van der Waals surface area contributed by atoms with E-state index in [1.807, 2.05) is 18.2 Å². The van der Waals surface area contributed by atoms with Crippen LogP contribution in [0.3, 0.4) is 0 Å². The van der Waals surface area contributed by atoms with Crippen LogP contribution < -0.4 is 10.2 Å². The Bertz CT molecular complexity index is 762. The Hall–Kier alpha value is -1.88. The van der Waals surface area contributed by atoms with E-state index in [0.717, 1.165) is 55.6 Å². The number of benzene rings is 1. The molecule has 126 valence electrons. The highest BCUT2D eigenvalue weighted by molar-refractivity contribution is 6.31. The maximum absolute atomic E-state index is 12.2. The van der Waals surface area contributed by atoms with Gasteiger partial charge < -0.3 is 10.2 Å². The summed E-state index contributed by atoms with van der Waals surface area (Å²) >= 11 is 6.00. The fourth-order valence-electron chi connectivity index (χ4n) is 3.42. The number of carbonyl (C=O) groups excluding carboxylic acids is 1. The molecule has 0 radical (unpaired) electrons. The standard InChI is InChI=1S/C18H21ClN4O/c19-13-6-7-15-16(9-13)20-10-17(22-15)23-8-2-5-14(11-23)21-18(24)12-3-1-4-12/h6-7,9-10,12,14H,1-5,8,11H2,(H,21,24). The van der Waals surface area contributed by atoms with Crippen LogP contribution >= 0.6 is 11.6 Å². The molecule has 1 unspecified atom stereocenters. The molecule has 0 spiro atoms. The molecule has 6 heteroatoms. The number of amides is 1. The number of hydrogen-bond acceptors (Lipinski definition) is 4. The quantitative estimate of drug-likeness (QED) is 0.929. The second-order valence-corrected chi connectivity index (χ2v) is 7.22. The lowest BCUT2D eigenvalue weighted by atomic mass is 9.84. The van der Waals surface area contributed by atoms with Crippen molar-refractivity contribution in [2.24, 2.45) is 5.92 Å². The van der Waals surface area contributed by atoms with E-state index in [4.69, 9.17) is 16.6 Å². The molecule has 1 aromatic heterocycles. The molecule has 1 saturated carbocycles. The second-order valence-electron chi connectivity index (χ2n) is 6.78. The first kappa shape index (κ1) is 15.6. The largest absolute Gasteiger partial charge is 0.353 e. The number of halogens is 1. The lowest BCUT2D eigenvalue weighted by molar-refractivity contribution is -0.128. The molecule has 1 atom stereocenters. The van der Waals surface area contributed by atoms with Gasteiger partial charge in [-0.2, -0.15) is 0 Å². The van der Waals surface area contributed by atoms with Gasteiger partial charge in [-0.05, 0) is 43.9 Å². The van der Waals surface area contributed by atoms with E-state index in [0.29, 0.717) is 5.02 Å². The number of nitrogens with zero attached hydrogens (tertiary/aromatic N) is 3. The van der Waals surface area contributed by atoms with Gasteiger partial charge in [0.25, 0.3) is 0 Å². The number of carbonyl (C=O) groups is 1. The minimum atomic E-state index is 0.203. The summed E-state index contributed by atoms with van der Waals surface area (Å²) in [5.74, 6) is 1.34. The summed E-state index contributed by atoms with van der Waals surface area (Å²) in [4.78, 5) is 23.6. The molecule has 1 aromatic carbocycles. The van der Waals surface area contributed by atoms with Crippen molar-refractivity contribution in [2.45, 2.75) is 38.1 Å². The van der Waals surface area contributed by atoms with Crippen LogP contribution in [-0.4, -0.2) is 35.0 Å². The third-order valence-corrected chi connectivity index (χ3v) is 5.29. The second kappa shape index (κ2) is 6.55. The first-order chi connectivity index (χ1) is 11.7. The van der Waals surface area contributed by atoms with Crippen molar-refractivity contribution in [3.8, 4) is 0 Å². The molecule has 5 nitrogen and oxygen atoms in total. The molecular weight excluding hydrogens is 324 g/mol. The summed E-state index contributed by atoms with van der Waals surface area (Å²) in [5, 5.41) is 3.89. The zero-order valence-electron chi connectivity index (χ0n) is 13.5. The van der Waals surface area contributed by atoms with Crippen molar-refractivity contribution in [3.05, 3.63) is 29.4 Å². The topological polar surface area (TPSA) is 58.1 Å². The fourth-order valence-corrected chi connectivity index (χ4v) is 3.59. The molecule has 1 amide bonds. The molecule has 1 aliphatic carbocycles. The molecule has 1 N–H and O–H groups in total. The minimum absolute atomic E-state index is 0.203. The van der Waals surface area contributed by atoms with E-state index < -0.39 is 0 Å². The van der Waals surface area contributed by atoms with Crippen LogP contribution in [0.25, 0.3) is 11.0 Å². The number of anilines is 1. The molecular formula is C18H21ClN4O. The van der Waals surface area contributed by atoms with Gasteiger partial charge in [0.2, 0.25) is 5.91 Å². The van der Waals surface area contributed by atoms with Gasteiger partial charge in [-0.1, -0.05) is 18.0 Å². The molecule has 2 fully saturated rings. The molecule has 1 aliphatic heterocycles. The molecule has 1 saturated heterocycles. The molecule has 2 aliphatic rings. The Morgan fingerprint density at radius 3 is 2.88 bits per heavy atom. The molecule has 0 bridgehead atoms. The summed E-state index contributed by atoms with van der Waals surface area (Å²) in [6, 6.07) is 5.76. The maximum Gasteiger partial charge on any atom is 0.223 e. The Labute approximate surface area is 146 Å².